The van der Waals surface area contributed by atoms with Crippen LogP contribution in [0.2, 0.25) is 0 Å². The van der Waals surface area contributed by atoms with Crippen LogP contribution in [0.15, 0.2) is 0 Å². The summed E-state index contributed by atoms with van der Waals surface area (Å²) in [5, 5.41) is 12.8. The van der Waals surface area contributed by atoms with E-state index < -0.39 is 0 Å². The van der Waals surface area contributed by atoms with Gasteiger partial charge in [-0.2, -0.15) is 0 Å². The topological polar surface area (TPSA) is 91.0 Å². The zero-order valence-electron chi connectivity index (χ0n) is 9.72. The number of amidine groups is 1. The zero-order valence-corrected chi connectivity index (χ0v) is 9.72. The van der Waals surface area contributed by atoms with Crippen LogP contribution in [0.25, 0.3) is 0 Å². The summed E-state index contributed by atoms with van der Waals surface area (Å²) in [5.74, 6) is 0.218. The van der Waals surface area contributed by atoms with Gasteiger partial charge in [-0.1, -0.05) is 12.8 Å². The van der Waals surface area contributed by atoms with Crippen molar-refractivity contribution in [3.63, 3.8) is 0 Å². The fraction of sp³-hybridized carbons (Fsp3) is 0.818. The second-order valence-electron chi connectivity index (χ2n) is 4.36. The molecule has 0 aromatic heterocycles. The Labute approximate surface area is 96.7 Å². The van der Waals surface area contributed by atoms with Gasteiger partial charge in [-0.25, -0.2) is 4.79 Å². The molecule has 0 spiro atoms. The average Bonchev–Trinajstić information content (AvgIpc) is 2.69. The molecule has 0 radical (unpaired) electrons. The van der Waals surface area contributed by atoms with Gasteiger partial charge in [0.1, 0.15) is 0 Å². The summed E-state index contributed by atoms with van der Waals surface area (Å²) in [6, 6.07) is 0.312. The number of urea groups is 1. The first kappa shape index (κ1) is 12.8. The van der Waals surface area contributed by atoms with Crippen molar-refractivity contribution in [1.82, 2.24) is 10.6 Å². The highest BCUT2D eigenvalue weighted by Crippen LogP contribution is 2.17. The summed E-state index contributed by atoms with van der Waals surface area (Å²) in [6.45, 7) is 0.659. The van der Waals surface area contributed by atoms with Crippen molar-refractivity contribution in [3.8, 4) is 0 Å². The Morgan fingerprint density at radius 2 is 2.00 bits per heavy atom. The van der Waals surface area contributed by atoms with Crippen LogP contribution in [0.3, 0.4) is 0 Å². The fourth-order valence-electron chi connectivity index (χ4n) is 1.95. The van der Waals surface area contributed by atoms with E-state index in [4.69, 9.17) is 11.1 Å². The predicted molar refractivity (Wildman–Crippen MR) is 64.6 cm³/mol. The van der Waals surface area contributed by atoms with Gasteiger partial charge in [0.15, 0.2) is 0 Å². The van der Waals surface area contributed by atoms with Crippen LogP contribution in [-0.2, 0) is 0 Å². The van der Waals surface area contributed by atoms with Crippen molar-refractivity contribution in [1.29, 1.82) is 5.41 Å². The van der Waals surface area contributed by atoms with Crippen molar-refractivity contribution >= 4 is 11.9 Å². The van der Waals surface area contributed by atoms with Crippen molar-refractivity contribution < 1.29 is 4.79 Å². The molecule has 5 nitrogen and oxygen atoms in total. The second kappa shape index (κ2) is 7.09. The molecule has 0 aliphatic heterocycles. The predicted octanol–water partition coefficient (Wildman–Crippen LogP) is 1.33. The van der Waals surface area contributed by atoms with E-state index in [1.807, 2.05) is 0 Å². The summed E-state index contributed by atoms with van der Waals surface area (Å²) in [6.07, 6.45) is 7.02. The SMILES string of the molecule is N=C(N)CCCCNC(=O)NC1CCCC1. The molecule has 1 rings (SSSR count). The van der Waals surface area contributed by atoms with Gasteiger partial charge < -0.3 is 16.4 Å². The van der Waals surface area contributed by atoms with Crippen molar-refractivity contribution in [3.05, 3.63) is 0 Å². The maximum absolute atomic E-state index is 11.4. The smallest absolute Gasteiger partial charge is 0.315 e. The lowest BCUT2D eigenvalue weighted by molar-refractivity contribution is 0.237. The maximum atomic E-state index is 11.4. The average molecular weight is 226 g/mol. The van der Waals surface area contributed by atoms with E-state index in [2.05, 4.69) is 10.6 Å². The molecule has 0 aromatic rings. The van der Waals surface area contributed by atoms with E-state index in [0.29, 0.717) is 19.0 Å². The fourth-order valence-corrected chi connectivity index (χ4v) is 1.95. The first-order chi connectivity index (χ1) is 7.68. The molecule has 2 amide bonds. The minimum atomic E-state index is -0.0604. The number of nitrogens with two attached hydrogens (primary N) is 1. The molecule has 1 fully saturated rings. The normalized spacial score (nSPS) is 16.0. The highest BCUT2D eigenvalue weighted by molar-refractivity contribution is 5.76. The Hall–Kier alpha value is -1.26. The molecule has 5 heteroatoms. The lowest BCUT2D eigenvalue weighted by Gasteiger charge is -2.12. The molecule has 0 unspecified atom stereocenters. The molecule has 0 atom stereocenters. The van der Waals surface area contributed by atoms with Gasteiger partial charge in [0.25, 0.3) is 0 Å². The monoisotopic (exact) mass is 226 g/mol. The molecule has 0 saturated heterocycles. The van der Waals surface area contributed by atoms with Crippen LogP contribution in [0.1, 0.15) is 44.9 Å². The second-order valence-corrected chi connectivity index (χ2v) is 4.36. The molecular formula is C11H22N4O. The van der Waals surface area contributed by atoms with Crippen LogP contribution in [0.5, 0.6) is 0 Å². The van der Waals surface area contributed by atoms with E-state index in [1.54, 1.807) is 0 Å². The number of amides is 2. The Kier molecular flexibility index (Phi) is 5.67. The van der Waals surface area contributed by atoms with Crippen molar-refractivity contribution in [2.75, 3.05) is 6.54 Å². The quantitative estimate of drug-likeness (QED) is 0.312. The molecule has 0 aromatic carbocycles. The van der Waals surface area contributed by atoms with Crippen LogP contribution in [0, 0.1) is 5.41 Å². The van der Waals surface area contributed by atoms with Crippen molar-refractivity contribution in [2.24, 2.45) is 5.73 Å². The van der Waals surface area contributed by atoms with Gasteiger partial charge in [0.2, 0.25) is 0 Å². The maximum Gasteiger partial charge on any atom is 0.315 e. The molecule has 5 N–H and O–H groups in total. The van der Waals surface area contributed by atoms with E-state index in [0.717, 1.165) is 25.7 Å². The number of rotatable bonds is 6. The van der Waals surface area contributed by atoms with Gasteiger partial charge in [0, 0.05) is 19.0 Å². The number of carbonyl (C=O) groups is 1. The van der Waals surface area contributed by atoms with Gasteiger partial charge in [-0.15, -0.1) is 0 Å². The van der Waals surface area contributed by atoms with Crippen LogP contribution >= 0.6 is 0 Å². The Morgan fingerprint density at radius 3 is 2.62 bits per heavy atom. The molecule has 92 valence electrons. The van der Waals surface area contributed by atoms with Crippen LogP contribution < -0.4 is 16.4 Å². The third-order valence-corrected chi connectivity index (χ3v) is 2.85. The third-order valence-electron chi connectivity index (χ3n) is 2.85. The number of unbranched alkanes of at least 4 members (excludes halogenated alkanes) is 1. The molecular weight excluding hydrogens is 204 g/mol. The largest absolute Gasteiger partial charge is 0.388 e. The minimum absolute atomic E-state index is 0.0604. The van der Waals surface area contributed by atoms with Gasteiger partial charge in [-0.05, 0) is 25.7 Å². The summed E-state index contributed by atoms with van der Waals surface area (Å²) in [5.41, 5.74) is 5.23. The van der Waals surface area contributed by atoms with Crippen LogP contribution in [0.4, 0.5) is 4.79 Å². The first-order valence-electron chi connectivity index (χ1n) is 6.06. The highest BCUT2D eigenvalue weighted by Gasteiger charge is 2.16. The Morgan fingerprint density at radius 1 is 1.31 bits per heavy atom. The van der Waals surface area contributed by atoms with Gasteiger partial charge >= 0.3 is 6.03 Å². The van der Waals surface area contributed by atoms with Crippen molar-refractivity contribution in [2.45, 2.75) is 51.0 Å². The summed E-state index contributed by atoms with van der Waals surface area (Å²) >= 11 is 0. The number of hydrogen-bond acceptors (Lipinski definition) is 2. The van der Waals surface area contributed by atoms with E-state index in [-0.39, 0.29) is 11.9 Å². The van der Waals surface area contributed by atoms with Gasteiger partial charge in [-0.3, -0.25) is 5.41 Å². The Balaban J connectivity index is 1.95. The highest BCUT2D eigenvalue weighted by atomic mass is 16.2. The van der Waals surface area contributed by atoms with E-state index in [9.17, 15) is 4.79 Å². The van der Waals surface area contributed by atoms with Crippen LogP contribution in [-0.4, -0.2) is 24.5 Å². The molecule has 1 aliphatic rings. The van der Waals surface area contributed by atoms with Gasteiger partial charge in [0.05, 0.1) is 5.84 Å². The minimum Gasteiger partial charge on any atom is -0.388 e. The van der Waals surface area contributed by atoms with E-state index >= 15 is 0 Å². The molecule has 1 aliphatic carbocycles. The standard InChI is InChI=1S/C11H22N4O/c12-10(13)7-3-4-8-14-11(16)15-9-5-1-2-6-9/h9H,1-8H2,(H3,12,13)(H2,14,15,16). The Bertz CT molecular complexity index is 236. The lowest BCUT2D eigenvalue weighted by atomic mass is 10.2. The first-order valence-corrected chi connectivity index (χ1v) is 6.06. The zero-order chi connectivity index (χ0) is 11.8. The number of nitrogens with one attached hydrogen (secondary N) is 3. The molecule has 16 heavy (non-hydrogen) atoms. The summed E-state index contributed by atoms with van der Waals surface area (Å²) in [4.78, 5) is 11.4. The number of hydrogen-bond donors (Lipinski definition) is 4. The molecule has 1 saturated carbocycles. The lowest BCUT2D eigenvalue weighted by Crippen LogP contribution is -2.41. The summed E-state index contributed by atoms with van der Waals surface area (Å²) < 4.78 is 0. The summed E-state index contributed by atoms with van der Waals surface area (Å²) in [7, 11) is 0. The third kappa shape index (κ3) is 5.58. The molecule has 0 bridgehead atoms. The number of carbonyl (C=O) groups excluding carboxylic acids is 1. The molecule has 0 heterocycles. The van der Waals surface area contributed by atoms with E-state index in [1.165, 1.54) is 12.8 Å².